The number of benzene rings is 1. The van der Waals surface area contributed by atoms with Gasteiger partial charge in [-0.1, -0.05) is 12.1 Å². The van der Waals surface area contributed by atoms with Crippen LogP contribution in [0.3, 0.4) is 0 Å². The molecule has 8 heteroatoms. The maximum Gasteiger partial charge on any atom is 0.387 e. The largest absolute Gasteiger partial charge is 0.435 e. The molecule has 1 atom stereocenters. The molecule has 0 aliphatic rings. The van der Waals surface area contributed by atoms with Gasteiger partial charge in [0.05, 0.1) is 17.3 Å². The van der Waals surface area contributed by atoms with Crippen LogP contribution in [0.4, 0.5) is 8.78 Å². The highest BCUT2D eigenvalue weighted by atomic mass is 19.3. The standard InChI is InChI=1S/C18H18F2N4O2/c1-10(12-5-4-6-14(7-12)26-18(19)20)22-17(25)13-8-15-11(2)23-24(3)16(15)21-9-13/h4-10,18H,1-3H3,(H,22,25). The van der Waals surface area contributed by atoms with Gasteiger partial charge in [0.2, 0.25) is 0 Å². The lowest BCUT2D eigenvalue weighted by atomic mass is 10.1. The summed E-state index contributed by atoms with van der Waals surface area (Å²) in [5, 5.41) is 7.92. The summed E-state index contributed by atoms with van der Waals surface area (Å²) in [5.41, 5.74) is 2.54. The quantitative estimate of drug-likeness (QED) is 0.757. The molecule has 3 rings (SSSR count). The Morgan fingerprint density at radius 2 is 2.08 bits per heavy atom. The van der Waals surface area contributed by atoms with Gasteiger partial charge in [-0.25, -0.2) is 4.98 Å². The van der Waals surface area contributed by atoms with E-state index in [0.29, 0.717) is 16.8 Å². The minimum atomic E-state index is -2.89. The summed E-state index contributed by atoms with van der Waals surface area (Å²) in [6, 6.07) is 7.59. The van der Waals surface area contributed by atoms with Crippen molar-refractivity contribution in [3.05, 3.63) is 53.3 Å². The minimum Gasteiger partial charge on any atom is -0.435 e. The summed E-state index contributed by atoms with van der Waals surface area (Å²) in [6.45, 7) is 0.722. The van der Waals surface area contributed by atoms with Crippen LogP contribution in [-0.2, 0) is 7.05 Å². The Labute approximate surface area is 148 Å². The molecule has 0 aliphatic heterocycles. The van der Waals surface area contributed by atoms with Crippen LogP contribution in [0.5, 0.6) is 5.75 Å². The highest BCUT2D eigenvalue weighted by Crippen LogP contribution is 2.22. The fourth-order valence-corrected chi connectivity index (χ4v) is 2.76. The number of aromatic nitrogens is 3. The van der Waals surface area contributed by atoms with Crippen molar-refractivity contribution in [2.24, 2.45) is 7.05 Å². The average Bonchev–Trinajstić information content (AvgIpc) is 2.88. The Hall–Kier alpha value is -3.03. The van der Waals surface area contributed by atoms with E-state index in [9.17, 15) is 13.6 Å². The van der Waals surface area contributed by atoms with Crippen molar-refractivity contribution in [2.45, 2.75) is 26.5 Å². The van der Waals surface area contributed by atoms with Crippen LogP contribution in [0.15, 0.2) is 36.5 Å². The SMILES string of the molecule is Cc1nn(C)c2ncc(C(=O)NC(C)c3cccc(OC(F)F)c3)cc12. The van der Waals surface area contributed by atoms with Crippen LogP contribution in [0, 0.1) is 6.92 Å². The van der Waals surface area contributed by atoms with E-state index in [1.54, 1.807) is 36.9 Å². The summed E-state index contributed by atoms with van der Waals surface area (Å²) in [5.74, 6) is -0.261. The number of amides is 1. The molecule has 26 heavy (non-hydrogen) atoms. The number of carbonyl (C=O) groups excluding carboxylic acids is 1. The number of pyridine rings is 1. The smallest absolute Gasteiger partial charge is 0.387 e. The van der Waals surface area contributed by atoms with Crippen LogP contribution in [0.1, 0.15) is 34.6 Å². The first-order chi connectivity index (χ1) is 12.3. The maximum absolute atomic E-state index is 12.5. The molecule has 0 radical (unpaired) electrons. The molecule has 6 nitrogen and oxygen atoms in total. The molecule has 2 heterocycles. The molecule has 136 valence electrons. The number of nitrogens with one attached hydrogen (secondary N) is 1. The molecule has 1 amide bonds. The Morgan fingerprint density at radius 3 is 2.81 bits per heavy atom. The number of hydrogen-bond donors (Lipinski definition) is 1. The molecule has 0 aliphatic carbocycles. The van der Waals surface area contributed by atoms with Gasteiger partial charge in [0.15, 0.2) is 5.65 Å². The third-order valence-electron chi connectivity index (χ3n) is 4.06. The fraction of sp³-hybridized carbons (Fsp3) is 0.278. The predicted octanol–water partition coefficient (Wildman–Crippen LogP) is 3.37. The number of alkyl halides is 2. The molecule has 0 fully saturated rings. The maximum atomic E-state index is 12.5. The summed E-state index contributed by atoms with van der Waals surface area (Å²) < 4.78 is 30.7. The van der Waals surface area contributed by atoms with Crippen LogP contribution in [0.2, 0.25) is 0 Å². The average molecular weight is 360 g/mol. The van der Waals surface area contributed by atoms with Gasteiger partial charge in [-0.2, -0.15) is 13.9 Å². The van der Waals surface area contributed by atoms with E-state index >= 15 is 0 Å². The molecular formula is C18H18F2N4O2. The monoisotopic (exact) mass is 360 g/mol. The molecule has 0 bridgehead atoms. The van der Waals surface area contributed by atoms with Crippen molar-refractivity contribution >= 4 is 16.9 Å². The molecule has 1 aromatic carbocycles. The number of aryl methyl sites for hydroxylation is 2. The summed E-state index contributed by atoms with van der Waals surface area (Å²) in [7, 11) is 1.79. The zero-order chi connectivity index (χ0) is 18.8. The molecule has 0 spiro atoms. The fourth-order valence-electron chi connectivity index (χ4n) is 2.76. The van der Waals surface area contributed by atoms with E-state index < -0.39 is 12.7 Å². The molecule has 3 aromatic rings. The van der Waals surface area contributed by atoms with Gasteiger partial charge in [-0.3, -0.25) is 9.48 Å². The van der Waals surface area contributed by atoms with Gasteiger partial charge >= 0.3 is 6.61 Å². The Bertz CT molecular complexity index is 956. The first-order valence-electron chi connectivity index (χ1n) is 8.00. The number of halogens is 2. The predicted molar refractivity (Wildman–Crippen MR) is 92.2 cm³/mol. The van der Waals surface area contributed by atoms with E-state index in [1.807, 2.05) is 6.92 Å². The second-order valence-electron chi connectivity index (χ2n) is 5.95. The molecule has 1 N–H and O–H groups in total. The normalized spacial score (nSPS) is 12.4. The highest BCUT2D eigenvalue weighted by molar-refractivity contribution is 5.97. The van der Waals surface area contributed by atoms with Gasteiger partial charge in [0.1, 0.15) is 5.75 Å². The van der Waals surface area contributed by atoms with Crippen LogP contribution in [-0.4, -0.2) is 27.3 Å². The number of hydrogen-bond acceptors (Lipinski definition) is 4. The van der Waals surface area contributed by atoms with Crippen molar-refractivity contribution in [2.75, 3.05) is 0 Å². The van der Waals surface area contributed by atoms with Crippen LogP contribution < -0.4 is 10.1 Å². The summed E-state index contributed by atoms with van der Waals surface area (Å²) >= 11 is 0. The third-order valence-corrected chi connectivity index (χ3v) is 4.06. The molecule has 0 saturated heterocycles. The van der Waals surface area contributed by atoms with Gasteiger partial charge in [-0.05, 0) is 37.6 Å². The van der Waals surface area contributed by atoms with Crippen molar-refractivity contribution in [3.63, 3.8) is 0 Å². The zero-order valence-electron chi connectivity index (χ0n) is 14.5. The second-order valence-corrected chi connectivity index (χ2v) is 5.95. The number of ether oxygens (including phenoxy) is 1. The second kappa shape index (κ2) is 7.07. The van der Waals surface area contributed by atoms with E-state index in [4.69, 9.17) is 0 Å². The lowest BCUT2D eigenvalue weighted by Gasteiger charge is -2.15. The van der Waals surface area contributed by atoms with Crippen molar-refractivity contribution in [1.82, 2.24) is 20.1 Å². The highest BCUT2D eigenvalue weighted by Gasteiger charge is 2.15. The van der Waals surface area contributed by atoms with Crippen molar-refractivity contribution in [1.29, 1.82) is 0 Å². The van der Waals surface area contributed by atoms with E-state index in [2.05, 4.69) is 20.1 Å². The minimum absolute atomic E-state index is 0.0488. The van der Waals surface area contributed by atoms with E-state index in [1.165, 1.54) is 18.3 Å². The summed E-state index contributed by atoms with van der Waals surface area (Å²) in [6.07, 6.45) is 1.49. The van der Waals surface area contributed by atoms with Gasteiger partial charge in [0.25, 0.3) is 5.91 Å². The van der Waals surface area contributed by atoms with E-state index in [0.717, 1.165) is 11.1 Å². The third kappa shape index (κ3) is 3.63. The molecule has 2 aromatic heterocycles. The first-order valence-corrected chi connectivity index (χ1v) is 8.00. The van der Waals surface area contributed by atoms with Crippen molar-refractivity contribution < 1.29 is 18.3 Å². The van der Waals surface area contributed by atoms with Gasteiger partial charge in [-0.15, -0.1) is 0 Å². The molecular weight excluding hydrogens is 342 g/mol. The Morgan fingerprint density at radius 1 is 1.31 bits per heavy atom. The van der Waals surface area contributed by atoms with E-state index in [-0.39, 0.29) is 11.7 Å². The number of carbonyl (C=O) groups is 1. The number of nitrogens with zero attached hydrogens (tertiary/aromatic N) is 3. The Balaban J connectivity index is 1.78. The summed E-state index contributed by atoms with van der Waals surface area (Å²) in [4.78, 5) is 16.8. The lowest BCUT2D eigenvalue weighted by molar-refractivity contribution is -0.0499. The number of fused-ring (bicyclic) bond motifs is 1. The first kappa shape index (κ1) is 17.8. The van der Waals surface area contributed by atoms with Crippen LogP contribution >= 0.6 is 0 Å². The molecule has 0 saturated carbocycles. The van der Waals surface area contributed by atoms with Gasteiger partial charge < -0.3 is 10.1 Å². The topological polar surface area (TPSA) is 69.0 Å². The number of rotatable bonds is 5. The van der Waals surface area contributed by atoms with Gasteiger partial charge in [0, 0.05) is 18.6 Å². The molecule has 1 unspecified atom stereocenters. The lowest BCUT2D eigenvalue weighted by Crippen LogP contribution is -2.26. The van der Waals surface area contributed by atoms with Crippen molar-refractivity contribution in [3.8, 4) is 5.75 Å². The Kier molecular flexibility index (Phi) is 4.83. The van der Waals surface area contributed by atoms with Crippen LogP contribution in [0.25, 0.3) is 11.0 Å². The zero-order valence-corrected chi connectivity index (χ0v) is 14.5.